The largest absolute Gasteiger partial charge is 0.459 e. The minimum Gasteiger partial charge on any atom is -0.459 e. The van der Waals surface area contributed by atoms with E-state index in [4.69, 9.17) is 9.47 Å². The van der Waals surface area contributed by atoms with Gasteiger partial charge in [0.2, 0.25) is 5.36 Å². The number of carbonyl (C=O) groups is 1. The molecule has 1 aliphatic carbocycles. The second kappa shape index (κ2) is 11.0. The predicted molar refractivity (Wildman–Crippen MR) is 188 cm³/mol. The van der Waals surface area contributed by atoms with Gasteiger partial charge in [-0.2, -0.15) is 0 Å². The second-order valence-corrected chi connectivity index (χ2v) is 14.5. The predicted octanol–water partition coefficient (Wildman–Crippen LogP) is 7.87. The minimum atomic E-state index is -0.245. The SMILES string of the molecule is CCN1c2cc3c(cc2C(C)=CC1(C)C)C(c1ccccc1C(=O)OC1CCCC1)=c1cc2c(cc1O3)=[N+](CC)C(C)(C)C=C2C. The van der Waals surface area contributed by atoms with Gasteiger partial charge in [0.25, 0.3) is 0 Å². The summed E-state index contributed by atoms with van der Waals surface area (Å²) in [6, 6.07) is 17.0. The minimum absolute atomic E-state index is 0.00816. The molecule has 0 amide bonds. The van der Waals surface area contributed by atoms with Crippen LogP contribution in [0.2, 0.25) is 0 Å². The summed E-state index contributed by atoms with van der Waals surface area (Å²) in [7, 11) is 0. The Bertz CT molecular complexity index is 1970. The maximum absolute atomic E-state index is 13.9. The second-order valence-electron chi connectivity index (χ2n) is 14.5. The number of esters is 1. The highest BCUT2D eigenvalue weighted by Gasteiger charge is 2.36. The molecule has 1 saturated carbocycles. The van der Waals surface area contributed by atoms with Crippen LogP contribution in [0.5, 0.6) is 11.5 Å². The average molecular weight is 616 g/mol. The van der Waals surface area contributed by atoms with Crippen LogP contribution < -0.4 is 24.8 Å². The van der Waals surface area contributed by atoms with Crippen LogP contribution >= 0.6 is 0 Å². The summed E-state index contributed by atoms with van der Waals surface area (Å²) in [6.45, 7) is 19.7. The summed E-state index contributed by atoms with van der Waals surface area (Å²) >= 11 is 0. The van der Waals surface area contributed by atoms with Crippen molar-refractivity contribution in [2.75, 3.05) is 18.0 Å². The van der Waals surface area contributed by atoms with Crippen molar-refractivity contribution in [2.45, 2.75) is 98.3 Å². The lowest BCUT2D eigenvalue weighted by Gasteiger charge is -2.43. The molecule has 0 spiro atoms. The van der Waals surface area contributed by atoms with Crippen molar-refractivity contribution in [3.8, 4) is 11.5 Å². The molecule has 0 saturated heterocycles. The third-order valence-electron chi connectivity index (χ3n) is 10.5. The molecule has 1 fully saturated rings. The Morgan fingerprint density at radius 3 is 2.33 bits per heavy atom. The van der Waals surface area contributed by atoms with E-state index in [0.717, 1.165) is 72.2 Å². The molecule has 4 aliphatic rings. The lowest BCUT2D eigenvalue weighted by molar-refractivity contribution is 0.0317. The lowest BCUT2D eigenvalue weighted by atomic mass is 9.83. The Morgan fingerprint density at radius 1 is 0.891 bits per heavy atom. The molecule has 5 heteroatoms. The maximum Gasteiger partial charge on any atom is 0.339 e. The summed E-state index contributed by atoms with van der Waals surface area (Å²) in [5.41, 5.74) is 9.33. The Hall–Kier alpha value is -4.12. The molecule has 0 unspecified atom stereocenters. The van der Waals surface area contributed by atoms with Crippen molar-refractivity contribution in [2.24, 2.45) is 0 Å². The number of hydrogen-bond acceptors (Lipinski definition) is 4. The first-order chi connectivity index (χ1) is 21.9. The van der Waals surface area contributed by atoms with Crippen molar-refractivity contribution in [3.63, 3.8) is 0 Å². The number of rotatable bonds is 5. The van der Waals surface area contributed by atoms with Crippen LogP contribution in [0.15, 0.2) is 60.7 Å². The summed E-state index contributed by atoms with van der Waals surface area (Å²) in [5, 5.41) is 2.18. The van der Waals surface area contributed by atoms with Gasteiger partial charge in [0, 0.05) is 59.6 Å². The van der Waals surface area contributed by atoms with E-state index in [2.05, 4.69) is 107 Å². The first-order valence-electron chi connectivity index (χ1n) is 17.1. The number of benzene rings is 3. The molecule has 0 bridgehead atoms. The highest BCUT2D eigenvalue weighted by molar-refractivity contribution is 6.00. The maximum atomic E-state index is 13.9. The van der Waals surface area contributed by atoms with Gasteiger partial charge in [-0.1, -0.05) is 24.3 Å². The van der Waals surface area contributed by atoms with Crippen LogP contribution in [0.1, 0.15) is 114 Å². The third kappa shape index (κ3) is 4.82. The molecule has 3 aromatic rings. The molecule has 0 radical (unpaired) electrons. The number of allylic oxidation sites excluding steroid dienone is 2. The highest BCUT2D eigenvalue weighted by atomic mass is 16.5. The van der Waals surface area contributed by atoms with Gasteiger partial charge >= 0.3 is 5.97 Å². The van der Waals surface area contributed by atoms with Crippen molar-refractivity contribution in [1.29, 1.82) is 0 Å². The van der Waals surface area contributed by atoms with E-state index in [-0.39, 0.29) is 23.2 Å². The van der Waals surface area contributed by atoms with E-state index in [1.54, 1.807) is 0 Å². The van der Waals surface area contributed by atoms with E-state index < -0.39 is 0 Å². The van der Waals surface area contributed by atoms with E-state index >= 15 is 0 Å². The van der Waals surface area contributed by atoms with Gasteiger partial charge in [0.05, 0.1) is 17.2 Å². The first kappa shape index (κ1) is 30.5. The summed E-state index contributed by atoms with van der Waals surface area (Å²) in [6.07, 6.45) is 8.82. The van der Waals surface area contributed by atoms with Crippen LogP contribution in [0.25, 0.3) is 16.7 Å². The molecule has 238 valence electrons. The fourth-order valence-corrected chi connectivity index (χ4v) is 8.58. The van der Waals surface area contributed by atoms with E-state index in [9.17, 15) is 4.79 Å². The summed E-state index contributed by atoms with van der Waals surface area (Å²) in [4.78, 5) is 16.3. The first-order valence-corrected chi connectivity index (χ1v) is 17.1. The van der Waals surface area contributed by atoms with Gasteiger partial charge in [-0.25, -0.2) is 9.37 Å². The van der Waals surface area contributed by atoms with Gasteiger partial charge < -0.3 is 14.4 Å². The Balaban J connectivity index is 1.55. The van der Waals surface area contributed by atoms with Crippen LogP contribution in [0.3, 0.4) is 0 Å². The average Bonchev–Trinajstić information content (AvgIpc) is 3.51. The van der Waals surface area contributed by atoms with E-state index in [0.29, 0.717) is 5.56 Å². The molecule has 5 nitrogen and oxygen atoms in total. The third-order valence-corrected chi connectivity index (χ3v) is 10.5. The number of carbonyl (C=O) groups excluding carboxylic acids is 1. The zero-order valence-corrected chi connectivity index (χ0v) is 28.7. The number of anilines is 1. The van der Waals surface area contributed by atoms with Gasteiger partial charge in [0.1, 0.15) is 24.1 Å². The van der Waals surface area contributed by atoms with Gasteiger partial charge in [0.15, 0.2) is 5.54 Å². The molecule has 3 aromatic carbocycles. The van der Waals surface area contributed by atoms with E-state index in [1.165, 1.54) is 33.3 Å². The van der Waals surface area contributed by atoms with Crippen LogP contribution in [0.4, 0.5) is 5.69 Å². The number of ether oxygens (including phenoxy) is 2. The molecule has 3 aliphatic heterocycles. The number of fused-ring (bicyclic) bond motifs is 4. The fraction of sp³-hybridized carbons (Fsp3) is 0.415. The Morgan fingerprint density at radius 2 is 1.61 bits per heavy atom. The van der Waals surface area contributed by atoms with Gasteiger partial charge in [-0.3, -0.25) is 0 Å². The zero-order valence-electron chi connectivity index (χ0n) is 28.7. The summed E-state index contributed by atoms with van der Waals surface area (Å²) in [5.74, 6) is 1.38. The smallest absolute Gasteiger partial charge is 0.339 e. The van der Waals surface area contributed by atoms with Gasteiger partial charge in [-0.05, 0) is 108 Å². The van der Waals surface area contributed by atoms with Crippen molar-refractivity contribution in [1.82, 2.24) is 4.58 Å². The topological polar surface area (TPSA) is 41.8 Å². The normalized spacial score (nSPS) is 19.3. The highest BCUT2D eigenvalue weighted by Crippen LogP contribution is 2.46. The molecule has 3 heterocycles. The zero-order chi connectivity index (χ0) is 32.5. The number of hydrogen-bond donors (Lipinski definition) is 0. The van der Waals surface area contributed by atoms with Crippen LogP contribution in [-0.4, -0.2) is 36.2 Å². The Kier molecular flexibility index (Phi) is 7.30. The molecular formula is C41H47N2O3+. The lowest BCUT2D eigenvalue weighted by Crippen LogP contribution is -2.49. The summed E-state index contributed by atoms with van der Waals surface area (Å²) < 4.78 is 15.5. The molecule has 7 rings (SSSR count). The van der Waals surface area contributed by atoms with Gasteiger partial charge in [-0.15, -0.1) is 0 Å². The molecule has 0 N–H and O–H groups in total. The standard InChI is InChI=1S/C41H47N2O3/c1-9-42-34-21-36-32(19-30(34)25(3)23-40(42,5)6)38(28-17-13-14-18-29(28)39(44)45-27-15-11-12-16-27)33-20-31-26(4)24-41(7,8)43(10-2)35(31)22-37(33)46-36/h13-14,17-24,27H,9-12,15-16H2,1-8H3/q+1. The molecule has 46 heavy (non-hydrogen) atoms. The molecular weight excluding hydrogens is 568 g/mol. The van der Waals surface area contributed by atoms with E-state index in [1.807, 2.05) is 18.2 Å². The van der Waals surface area contributed by atoms with Crippen LogP contribution in [0, 0.1) is 0 Å². The molecule has 0 aromatic heterocycles. The monoisotopic (exact) mass is 615 g/mol. The number of nitrogens with zero attached hydrogens (tertiary/aromatic N) is 2. The van der Waals surface area contributed by atoms with Crippen molar-refractivity contribution >= 4 is 28.4 Å². The Labute approximate surface area is 273 Å². The van der Waals surface area contributed by atoms with Crippen LogP contribution in [-0.2, 0) is 4.74 Å². The van der Waals surface area contributed by atoms with Crippen molar-refractivity contribution in [3.05, 3.63) is 99.1 Å². The number of likely N-dealkylation sites (N-methyl/N-ethyl adjacent to an activating group) is 2. The quantitative estimate of drug-likeness (QED) is 0.169. The van der Waals surface area contributed by atoms with Crippen molar-refractivity contribution < 1.29 is 14.3 Å². The fourth-order valence-electron chi connectivity index (χ4n) is 8.58. The molecule has 0 atom stereocenters.